The Labute approximate surface area is 190 Å². The molecule has 1 aliphatic heterocycles. The lowest BCUT2D eigenvalue weighted by atomic mass is 9.94. The number of piperidine rings is 1. The Balaban J connectivity index is 1.42. The summed E-state index contributed by atoms with van der Waals surface area (Å²) in [4.78, 5) is 17.0. The minimum atomic E-state index is -3.58. The topological polar surface area (TPSA) is 91.4 Å². The number of carbonyl (C=O) groups is 1. The van der Waals surface area contributed by atoms with E-state index in [0.29, 0.717) is 40.6 Å². The molecule has 0 bridgehead atoms. The highest BCUT2D eigenvalue weighted by Crippen LogP contribution is 2.28. The number of aromatic nitrogens is 1. The van der Waals surface area contributed by atoms with E-state index >= 15 is 0 Å². The molecule has 0 radical (unpaired) electrons. The summed E-state index contributed by atoms with van der Waals surface area (Å²) < 4.78 is 28.4. The van der Waals surface area contributed by atoms with E-state index in [4.69, 9.17) is 11.6 Å². The van der Waals surface area contributed by atoms with Crippen LogP contribution in [0.15, 0.2) is 47.4 Å². The van der Waals surface area contributed by atoms with E-state index in [2.05, 4.69) is 29.7 Å². The van der Waals surface area contributed by atoms with Crippen molar-refractivity contribution in [1.82, 2.24) is 14.7 Å². The zero-order chi connectivity index (χ0) is 22.2. The Morgan fingerprint density at radius 2 is 1.81 bits per heavy atom. The van der Waals surface area contributed by atoms with Crippen molar-refractivity contribution in [2.45, 2.75) is 25.2 Å². The van der Waals surface area contributed by atoms with Crippen LogP contribution in [0.5, 0.6) is 0 Å². The molecule has 2 heterocycles. The molecule has 2 atom stereocenters. The van der Waals surface area contributed by atoms with Crippen molar-refractivity contribution >= 4 is 54.2 Å². The third-order valence-electron chi connectivity index (χ3n) is 5.22. The first-order chi connectivity index (χ1) is 14.7. The molecule has 164 valence electrons. The van der Waals surface area contributed by atoms with Crippen LogP contribution >= 0.6 is 22.9 Å². The Kier molecular flexibility index (Phi) is 6.20. The quantitative estimate of drug-likeness (QED) is 0.531. The lowest BCUT2D eigenvalue weighted by molar-refractivity contribution is 0.0962. The van der Waals surface area contributed by atoms with Gasteiger partial charge in [0.1, 0.15) is 0 Å². The van der Waals surface area contributed by atoms with Crippen molar-refractivity contribution in [1.29, 1.82) is 0 Å². The van der Waals surface area contributed by atoms with E-state index in [1.807, 2.05) is 12.1 Å². The number of hydrogen-bond donors (Lipinski definition) is 2. The molecule has 1 amide bonds. The lowest BCUT2D eigenvalue weighted by Gasteiger charge is -2.34. The standard InChI is InChI=1S/C21H23ClN4O3S2/c1-13-9-14(2)12-26(11-13)31(28,29)17-6-3-15(4-7-17)20(27)24-25-21-23-18-8-5-16(22)10-19(18)30-21/h3-8,10,13-14H,9,11-12H2,1-2H3,(H,23,25)(H,24,27). The highest BCUT2D eigenvalue weighted by Gasteiger charge is 2.31. The van der Waals surface area contributed by atoms with Gasteiger partial charge in [-0.05, 0) is 60.7 Å². The summed E-state index contributed by atoms with van der Waals surface area (Å²) in [6, 6.07) is 11.4. The van der Waals surface area contributed by atoms with Crippen molar-refractivity contribution in [3.63, 3.8) is 0 Å². The number of halogens is 1. The van der Waals surface area contributed by atoms with E-state index in [9.17, 15) is 13.2 Å². The van der Waals surface area contributed by atoms with Gasteiger partial charge >= 0.3 is 0 Å². The first-order valence-corrected chi connectivity index (χ1v) is 12.6. The van der Waals surface area contributed by atoms with Crippen LogP contribution in [-0.2, 0) is 10.0 Å². The maximum absolute atomic E-state index is 13.0. The number of nitrogens with one attached hydrogen (secondary N) is 2. The number of sulfonamides is 1. The molecule has 1 saturated heterocycles. The highest BCUT2D eigenvalue weighted by molar-refractivity contribution is 7.89. The average molecular weight is 479 g/mol. The molecular weight excluding hydrogens is 456 g/mol. The number of thiazole rings is 1. The molecule has 4 rings (SSSR count). The predicted molar refractivity (Wildman–Crippen MR) is 124 cm³/mol. The van der Waals surface area contributed by atoms with E-state index in [-0.39, 0.29) is 10.8 Å². The van der Waals surface area contributed by atoms with Crippen molar-refractivity contribution < 1.29 is 13.2 Å². The number of hydrazine groups is 1. The number of rotatable bonds is 5. The van der Waals surface area contributed by atoms with Gasteiger partial charge in [-0.1, -0.05) is 36.8 Å². The van der Waals surface area contributed by atoms with Crippen molar-refractivity contribution in [3.8, 4) is 0 Å². The first kappa shape index (κ1) is 22.0. The molecule has 1 fully saturated rings. The smallest absolute Gasteiger partial charge is 0.269 e. The summed E-state index contributed by atoms with van der Waals surface area (Å²) in [5.74, 6) is 0.267. The van der Waals surface area contributed by atoms with Gasteiger partial charge in [-0.25, -0.2) is 13.4 Å². The molecule has 7 nitrogen and oxygen atoms in total. The third kappa shape index (κ3) is 4.85. The van der Waals surface area contributed by atoms with Crippen LogP contribution < -0.4 is 10.9 Å². The van der Waals surface area contributed by atoms with E-state index < -0.39 is 10.0 Å². The molecule has 3 aromatic rings. The molecule has 2 unspecified atom stereocenters. The Morgan fingerprint density at radius 1 is 1.13 bits per heavy atom. The monoisotopic (exact) mass is 478 g/mol. The van der Waals surface area contributed by atoms with Gasteiger partial charge < -0.3 is 0 Å². The zero-order valence-corrected chi connectivity index (χ0v) is 19.5. The molecule has 0 spiro atoms. The molecule has 0 saturated carbocycles. The van der Waals surface area contributed by atoms with Crippen LogP contribution in [0.2, 0.25) is 5.02 Å². The fourth-order valence-corrected chi connectivity index (χ4v) is 6.64. The first-order valence-electron chi connectivity index (χ1n) is 9.95. The molecule has 0 aliphatic carbocycles. The minimum absolute atomic E-state index is 0.196. The molecule has 31 heavy (non-hydrogen) atoms. The van der Waals surface area contributed by atoms with Crippen molar-refractivity contribution in [2.24, 2.45) is 11.8 Å². The normalized spacial score (nSPS) is 20.0. The van der Waals surface area contributed by atoms with Gasteiger partial charge in [0, 0.05) is 23.7 Å². The largest absolute Gasteiger partial charge is 0.273 e. The molecule has 2 N–H and O–H groups in total. The van der Waals surface area contributed by atoms with Gasteiger partial charge in [0.05, 0.1) is 15.1 Å². The summed E-state index contributed by atoms with van der Waals surface area (Å²) in [5.41, 5.74) is 6.51. The average Bonchev–Trinajstić information content (AvgIpc) is 3.13. The second-order valence-electron chi connectivity index (χ2n) is 8.00. The van der Waals surface area contributed by atoms with Crippen LogP contribution in [0.4, 0.5) is 5.13 Å². The molecule has 2 aromatic carbocycles. The van der Waals surface area contributed by atoms with Gasteiger partial charge in [-0.2, -0.15) is 4.31 Å². The van der Waals surface area contributed by atoms with Crippen LogP contribution in [0.3, 0.4) is 0 Å². The lowest BCUT2D eigenvalue weighted by Crippen LogP contribution is -2.42. The number of nitrogens with zero attached hydrogens (tertiary/aromatic N) is 2. The van der Waals surface area contributed by atoms with E-state index in [1.165, 1.54) is 35.6 Å². The van der Waals surface area contributed by atoms with E-state index in [0.717, 1.165) is 16.6 Å². The predicted octanol–water partition coefficient (Wildman–Crippen LogP) is 4.37. The molecule has 1 aliphatic rings. The Hall–Kier alpha value is -2.20. The number of amides is 1. The van der Waals surface area contributed by atoms with Gasteiger partial charge in [-0.3, -0.25) is 15.6 Å². The van der Waals surface area contributed by atoms with Crippen LogP contribution in [0.1, 0.15) is 30.6 Å². The number of anilines is 1. The van der Waals surface area contributed by atoms with Crippen molar-refractivity contribution in [2.75, 3.05) is 18.5 Å². The minimum Gasteiger partial charge on any atom is -0.273 e. The summed E-state index contributed by atoms with van der Waals surface area (Å²) >= 11 is 7.35. The second kappa shape index (κ2) is 8.74. The number of hydrogen-bond acceptors (Lipinski definition) is 6. The Morgan fingerprint density at radius 3 is 2.48 bits per heavy atom. The second-order valence-corrected chi connectivity index (χ2v) is 11.4. The van der Waals surface area contributed by atoms with Gasteiger partial charge in [0.25, 0.3) is 5.91 Å². The Bertz CT molecular complexity index is 1200. The van der Waals surface area contributed by atoms with Gasteiger partial charge in [-0.15, -0.1) is 0 Å². The fraction of sp³-hybridized carbons (Fsp3) is 0.333. The van der Waals surface area contributed by atoms with Gasteiger partial charge in [0.15, 0.2) is 0 Å². The molecule has 1 aromatic heterocycles. The van der Waals surface area contributed by atoms with E-state index in [1.54, 1.807) is 10.4 Å². The number of fused-ring (bicyclic) bond motifs is 1. The summed E-state index contributed by atoms with van der Waals surface area (Å²) in [5, 5.41) is 1.15. The zero-order valence-electron chi connectivity index (χ0n) is 17.1. The molecular formula is C21H23ClN4O3S2. The fourth-order valence-electron chi connectivity index (χ4n) is 3.86. The van der Waals surface area contributed by atoms with Crippen molar-refractivity contribution in [3.05, 3.63) is 53.1 Å². The summed E-state index contributed by atoms with van der Waals surface area (Å²) in [6.45, 7) is 5.18. The third-order valence-corrected chi connectivity index (χ3v) is 8.24. The maximum atomic E-state index is 13.0. The summed E-state index contributed by atoms with van der Waals surface area (Å²) in [6.07, 6.45) is 1.03. The van der Waals surface area contributed by atoms with Gasteiger partial charge in [0.2, 0.25) is 15.2 Å². The highest BCUT2D eigenvalue weighted by atomic mass is 35.5. The summed E-state index contributed by atoms with van der Waals surface area (Å²) in [7, 11) is -3.58. The van der Waals surface area contributed by atoms with Crippen LogP contribution in [0, 0.1) is 11.8 Å². The SMILES string of the molecule is CC1CC(C)CN(S(=O)(=O)c2ccc(C(=O)NNc3nc4ccc(Cl)cc4s3)cc2)C1. The number of carbonyl (C=O) groups excluding carboxylic acids is 1. The molecule has 10 heteroatoms. The maximum Gasteiger partial charge on any atom is 0.269 e. The number of benzene rings is 2. The van der Waals surface area contributed by atoms with Crippen LogP contribution in [-0.4, -0.2) is 36.7 Å². The van der Waals surface area contributed by atoms with Crippen LogP contribution in [0.25, 0.3) is 10.2 Å².